The maximum Gasteiger partial charge on any atom is 0.307 e. The molecule has 0 aliphatic heterocycles. The maximum absolute atomic E-state index is 11.1. The lowest BCUT2D eigenvalue weighted by molar-refractivity contribution is -0.142. The lowest BCUT2D eigenvalue weighted by atomic mass is 9.80. The monoisotopic (exact) mass is 262 g/mol. The molecule has 1 fully saturated rings. The van der Waals surface area contributed by atoms with Crippen molar-refractivity contribution in [2.75, 3.05) is 12.4 Å². The first-order valence-corrected chi connectivity index (χ1v) is 7.26. The second-order valence-corrected chi connectivity index (χ2v) is 6.01. The third-order valence-corrected chi connectivity index (χ3v) is 5.03. The summed E-state index contributed by atoms with van der Waals surface area (Å²) < 4.78 is 0. The Hall–Kier alpha value is -0.260. The summed E-state index contributed by atoms with van der Waals surface area (Å²) in [6, 6.07) is 0. The molecule has 0 heterocycles. The Morgan fingerprint density at radius 3 is 2.71 bits per heavy atom. The molecule has 1 aliphatic rings. The minimum atomic E-state index is -0.739. The molecule has 5 heteroatoms. The van der Waals surface area contributed by atoms with Crippen molar-refractivity contribution >= 4 is 17.7 Å². The molecule has 1 rings (SSSR count). The van der Waals surface area contributed by atoms with E-state index in [-0.39, 0.29) is 17.8 Å². The topological polar surface area (TPSA) is 77.8 Å². The summed E-state index contributed by atoms with van der Waals surface area (Å²) in [5, 5.41) is 27.3. The largest absolute Gasteiger partial charge is 0.481 e. The summed E-state index contributed by atoms with van der Waals surface area (Å²) >= 11 is 1.49. The van der Waals surface area contributed by atoms with E-state index in [0.717, 1.165) is 25.7 Å². The minimum absolute atomic E-state index is 0.0763. The molecule has 100 valence electrons. The Labute approximate surface area is 106 Å². The quantitative estimate of drug-likeness (QED) is 0.673. The number of carbonyl (C=O) groups is 1. The zero-order valence-electron chi connectivity index (χ0n) is 10.2. The first-order chi connectivity index (χ1) is 8.08. The first kappa shape index (κ1) is 14.8. The van der Waals surface area contributed by atoms with Gasteiger partial charge in [0.1, 0.15) is 0 Å². The molecule has 17 heavy (non-hydrogen) atoms. The molecule has 0 aromatic heterocycles. The number of hydrogen-bond donors (Lipinski definition) is 3. The fraction of sp³-hybridized carbons (Fsp3) is 0.917. The van der Waals surface area contributed by atoms with E-state index < -0.39 is 12.1 Å². The Balaban J connectivity index is 2.51. The number of carboxylic acids is 1. The van der Waals surface area contributed by atoms with E-state index in [1.165, 1.54) is 11.8 Å². The van der Waals surface area contributed by atoms with Crippen molar-refractivity contribution < 1.29 is 20.1 Å². The van der Waals surface area contributed by atoms with Crippen molar-refractivity contribution in [3.63, 3.8) is 0 Å². The van der Waals surface area contributed by atoms with Gasteiger partial charge in [-0.05, 0) is 25.2 Å². The van der Waals surface area contributed by atoms with Crippen LogP contribution in [0.3, 0.4) is 0 Å². The van der Waals surface area contributed by atoms with E-state index in [0.29, 0.717) is 11.7 Å². The first-order valence-electron chi connectivity index (χ1n) is 6.21. The third-order valence-electron chi connectivity index (χ3n) is 3.51. The highest BCUT2D eigenvalue weighted by Crippen LogP contribution is 2.38. The molecule has 0 spiro atoms. The smallest absolute Gasteiger partial charge is 0.307 e. The van der Waals surface area contributed by atoms with Gasteiger partial charge in [-0.1, -0.05) is 13.3 Å². The molecule has 0 aromatic rings. The van der Waals surface area contributed by atoms with Gasteiger partial charge in [-0.2, -0.15) is 11.8 Å². The highest BCUT2D eigenvalue weighted by molar-refractivity contribution is 8.00. The van der Waals surface area contributed by atoms with E-state index in [2.05, 4.69) is 6.92 Å². The van der Waals surface area contributed by atoms with Crippen molar-refractivity contribution in [2.24, 2.45) is 11.8 Å². The van der Waals surface area contributed by atoms with Gasteiger partial charge in [-0.15, -0.1) is 0 Å². The number of aliphatic carboxylic acids is 1. The molecule has 0 aromatic carbocycles. The van der Waals surface area contributed by atoms with Crippen molar-refractivity contribution in [1.82, 2.24) is 0 Å². The SMILES string of the molecule is CCC1CCC(C(=O)O)C(SCC(O)CO)C1. The van der Waals surface area contributed by atoms with E-state index in [1.807, 2.05) is 0 Å². The van der Waals surface area contributed by atoms with Crippen LogP contribution in [0, 0.1) is 11.8 Å². The molecule has 0 bridgehead atoms. The third kappa shape index (κ3) is 4.48. The lowest BCUT2D eigenvalue weighted by Crippen LogP contribution is -2.34. The Morgan fingerprint density at radius 2 is 2.18 bits per heavy atom. The molecule has 3 N–H and O–H groups in total. The van der Waals surface area contributed by atoms with Crippen LogP contribution in [0.1, 0.15) is 32.6 Å². The van der Waals surface area contributed by atoms with Crippen molar-refractivity contribution in [3.05, 3.63) is 0 Å². The molecule has 4 unspecified atom stereocenters. The zero-order chi connectivity index (χ0) is 12.8. The van der Waals surface area contributed by atoms with Crippen LogP contribution in [-0.2, 0) is 4.79 Å². The fourth-order valence-electron chi connectivity index (χ4n) is 2.34. The summed E-state index contributed by atoms with van der Waals surface area (Å²) in [6.45, 7) is 1.88. The second kappa shape index (κ2) is 7.24. The van der Waals surface area contributed by atoms with E-state index in [4.69, 9.17) is 10.2 Å². The van der Waals surface area contributed by atoms with Gasteiger partial charge >= 0.3 is 5.97 Å². The molecular weight excluding hydrogens is 240 g/mol. The highest BCUT2D eigenvalue weighted by atomic mass is 32.2. The number of carboxylic acid groups (broad SMARTS) is 1. The van der Waals surface area contributed by atoms with Gasteiger partial charge in [-0.25, -0.2) is 0 Å². The summed E-state index contributed by atoms with van der Waals surface area (Å²) in [7, 11) is 0. The lowest BCUT2D eigenvalue weighted by Gasteiger charge is -2.33. The predicted octanol–water partition coefficient (Wildman–Crippen LogP) is 1.35. The van der Waals surface area contributed by atoms with Gasteiger partial charge in [0.15, 0.2) is 0 Å². The second-order valence-electron chi connectivity index (χ2n) is 4.74. The standard InChI is InChI=1S/C12H22O4S/c1-2-8-3-4-10(12(15)16)11(5-8)17-7-9(14)6-13/h8-11,13-14H,2-7H2,1H3,(H,15,16). The Bertz CT molecular complexity index is 247. The van der Waals surface area contributed by atoms with Crippen molar-refractivity contribution in [2.45, 2.75) is 44.0 Å². The number of thioether (sulfide) groups is 1. The predicted molar refractivity (Wildman–Crippen MR) is 68.1 cm³/mol. The van der Waals surface area contributed by atoms with Gasteiger partial charge in [0, 0.05) is 11.0 Å². The van der Waals surface area contributed by atoms with E-state index >= 15 is 0 Å². The van der Waals surface area contributed by atoms with Crippen LogP contribution < -0.4 is 0 Å². The molecule has 1 saturated carbocycles. The van der Waals surface area contributed by atoms with Crippen LogP contribution in [0.2, 0.25) is 0 Å². The average Bonchev–Trinajstić information content (AvgIpc) is 2.35. The van der Waals surface area contributed by atoms with E-state index in [9.17, 15) is 9.90 Å². The molecular formula is C12H22O4S. The highest BCUT2D eigenvalue weighted by Gasteiger charge is 2.34. The minimum Gasteiger partial charge on any atom is -0.481 e. The Kier molecular flexibility index (Phi) is 6.30. The molecule has 4 atom stereocenters. The number of aliphatic hydroxyl groups excluding tert-OH is 2. The molecule has 1 aliphatic carbocycles. The van der Waals surface area contributed by atoms with Gasteiger partial charge in [-0.3, -0.25) is 4.79 Å². The van der Waals surface area contributed by atoms with Gasteiger partial charge in [0.25, 0.3) is 0 Å². The molecule has 0 amide bonds. The van der Waals surface area contributed by atoms with Crippen LogP contribution in [0.5, 0.6) is 0 Å². The van der Waals surface area contributed by atoms with Crippen LogP contribution in [0.4, 0.5) is 0 Å². The van der Waals surface area contributed by atoms with Gasteiger partial charge in [0.05, 0.1) is 18.6 Å². The molecule has 4 nitrogen and oxygen atoms in total. The zero-order valence-corrected chi connectivity index (χ0v) is 11.0. The van der Waals surface area contributed by atoms with Crippen LogP contribution >= 0.6 is 11.8 Å². The summed E-state index contributed by atoms with van der Waals surface area (Å²) in [6.07, 6.45) is 2.99. The van der Waals surface area contributed by atoms with Crippen LogP contribution in [0.15, 0.2) is 0 Å². The normalized spacial score (nSPS) is 31.1. The maximum atomic E-state index is 11.1. The van der Waals surface area contributed by atoms with Crippen LogP contribution in [-0.4, -0.2) is 45.0 Å². The number of rotatable bonds is 6. The van der Waals surface area contributed by atoms with Crippen LogP contribution in [0.25, 0.3) is 0 Å². The van der Waals surface area contributed by atoms with Crippen molar-refractivity contribution in [3.8, 4) is 0 Å². The summed E-state index contributed by atoms with van der Waals surface area (Å²) in [5.74, 6) is 0.0000770. The van der Waals surface area contributed by atoms with Crippen molar-refractivity contribution in [1.29, 1.82) is 0 Å². The molecule has 0 saturated heterocycles. The number of aliphatic hydroxyl groups is 2. The Morgan fingerprint density at radius 1 is 1.47 bits per heavy atom. The molecule has 0 radical (unpaired) electrons. The summed E-state index contributed by atoms with van der Waals surface area (Å²) in [5.41, 5.74) is 0. The number of hydrogen-bond acceptors (Lipinski definition) is 4. The summed E-state index contributed by atoms with van der Waals surface area (Å²) in [4.78, 5) is 11.1. The van der Waals surface area contributed by atoms with Gasteiger partial charge in [0.2, 0.25) is 0 Å². The van der Waals surface area contributed by atoms with E-state index in [1.54, 1.807) is 0 Å². The average molecular weight is 262 g/mol. The fourth-order valence-corrected chi connectivity index (χ4v) is 3.80. The van der Waals surface area contributed by atoms with Gasteiger partial charge < -0.3 is 15.3 Å².